The van der Waals surface area contributed by atoms with Crippen LogP contribution in [0.4, 0.5) is 5.82 Å². The SMILES string of the molecule is C=Cc1c(C2=C/CC\C=C/N=C(C)/C=C\2)c[nH]c1N=C. The van der Waals surface area contributed by atoms with Crippen molar-refractivity contribution in [3.05, 3.63) is 54.4 Å². The van der Waals surface area contributed by atoms with Crippen LogP contribution in [0.25, 0.3) is 11.6 Å². The Morgan fingerprint density at radius 2 is 2.20 bits per heavy atom. The van der Waals surface area contributed by atoms with E-state index in [0.717, 1.165) is 41.1 Å². The third kappa shape index (κ3) is 3.12. The van der Waals surface area contributed by atoms with Crippen LogP contribution in [0.2, 0.25) is 0 Å². The van der Waals surface area contributed by atoms with Gasteiger partial charge >= 0.3 is 0 Å². The molecule has 2 rings (SSSR count). The predicted molar refractivity (Wildman–Crippen MR) is 88.7 cm³/mol. The van der Waals surface area contributed by atoms with Crippen molar-refractivity contribution in [2.24, 2.45) is 9.98 Å². The van der Waals surface area contributed by atoms with Gasteiger partial charge in [-0.05, 0) is 38.1 Å². The number of hydrogen-bond donors (Lipinski definition) is 1. The topological polar surface area (TPSA) is 40.5 Å². The molecule has 0 aromatic carbocycles. The third-order valence-electron chi connectivity index (χ3n) is 3.16. The third-order valence-corrected chi connectivity index (χ3v) is 3.16. The van der Waals surface area contributed by atoms with Crippen molar-refractivity contribution < 1.29 is 0 Å². The monoisotopic (exact) mass is 265 g/mol. The second kappa shape index (κ2) is 6.66. The summed E-state index contributed by atoms with van der Waals surface area (Å²) in [6, 6.07) is 0. The first-order valence-electron chi connectivity index (χ1n) is 6.65. The molecule has 1 aliphatic heterocycles. The molecule has 3 heteroatoms. The van der Waals surface area contributed by atoms with Gasteiger partial charge in [0.1, 0.15) is 5.82 Å². The number of aromatic amines is 1. The fraction of sp³-hybridized carbons (Fsp3) is 0.176. The average molecular weight is 265 g/mol. The molecule has 0 atom stereocenters. The van der Waals surface area contributed by atoms with Crippen LogP contribution in [-0.2, 0) is 0 Å². The summed E-state index contributed by atoms with van der Waals surface area (Å²) in [5.41, 5.74) is 4.21. The summed E-state index contributed by atoms with van der Waals surface area (Å²) in [5.74, 6) is 0.756. The molecule has 102 valence electrons. The maximum atomic E-state index is 4.34. The Morgan fingerprint density at radius 1 is 1.35 bits per heavy atom. The molecule has 1 aliphatic rings. The second-order valence-corrected chi connectivity index (χ2v) is 4.55. The number of hydrogen-bond acceptors (Lipinski definition) is 2. The van der Waals surface area contributed by atoms with Crippen molar-refractivity contribution in [3.63, 3.8) is 0 Å². The van der Waals surface area contributed by atoms with E-state index in [9.17, 15) is 0 Å². The van der Waals surface area contributed by atoms with Crippen LogP contribution in [0.5, 0.6) is 0 Å². The van der Waals surface area contributed by atoms with Crippen molar-refractivity contribution in [2.75, 3.05) is 0 Å². The van der Waals surface area contributed by atoms with Gasteiger partial charge in [-0.3, -0.25) is 4.99 Å². The zero-order valence-corrected chi connectivity index (χ0v) is 11.8. The minimum Gasteiger partial charge on any atom is -0.346 e. The Hall–Kier alpha value is -2.42. The number of nitrogens with zero attached hydrogens (tertiary/aromatic N) is 2. The number of H-pyrrole nitrogens is 1. The molecule has 0 radical (unpaired) electrons. The van der Waals surface area contributed by atoms with Crippen molar-refractivity contribution in [2.45, 2.75) is 19.8 Å². The summed E-state index contributed by atoms with van der Waals surface area (Å²) in [7, 11) is 0. The zero-order chi connectivity index (χ0) is 14.4. The normalized spacial score (nSPS) is 23.9. The van der Waals surface area contributed by atoms with Gasteiger partial charge in [0.05, 0.1) is 0 Å². The molecule has 0 amide bonds. The maximum absolute atomic E-state index is 4.34. The van der Waals surface area contributed by atoms with Gasteiger partial charge in [-0.15, -0.1) is 0 Å². The van der Waals surface area contributed by atoms with E-state index in [0.29, 0.717) is 0 Å². The number of aromatic nitrogens is 1. The van der Waals surface area contributed by atoms with Crippen molar-refractivity contribution in [1.82, 2.24) is 4.98 Å². The van der Waals surface area contributed by atoms with Crippen LogP contribution < -0.4 is 0 Å². The van der Waals surface area contributed by atoms with Crippen LogP contribution in [0.1, 0.15) is 30.9 Å². The molecule has 20 heavy (non-hydrogen) atoms. The molecular weight excluding hydrogens is 246 g/mol. The Bertz CT molecular complexity index is 625. The molecular formula is C17H19N3. The highest BCUT2D eigenvalue weighted by Gasteiger charge is 2.09. The Labute approximate surface area is 119 Å². The molecule has 2 heterocycles. The van der Waals surface area contributed by atoms with Crippen molar-refractivity contribution in [3.8, 4) is 0 Å². The zero-order valence-electron chi connectivity index (χ0n) is 11.8. The molecule has 0 aliphatic carbocycles. The van der Waals surface area contributed by atoms with E-state index in [1.165, 1.54) is 0 Å². The van der Waals surface area contributed by atoms with E-state index >= 15 is 0 Å². The average Bonchev–Trinajstić information content (AvgIpc) is 2.88. The molecule has 0 fully saturated rings. The lowest BCUT2D eigenvalue weighted by atomic mass is 10.0. The lowest BCUT2D eigenvalue weighted by Crippen LogP contribution is -1.87. The van der Waals surface area contributed by atoms with Gasteiger partial charge in [-0.25, -0.2) is 4.99 Å². The summed E-state index contributed by atoms with van der Waals surface area (Å²) in [6.07, 6.45) is 16.0. The lowest BCUT2D eigenvalue weighted by molar-refractivity contribution is 1.05. The lowest BCUT2D eigenvalue weighted by Gasteiger charge is -2.04. The smallest absolute Gasteiger partial charge is 0.137 e. The van der Waals surface area contributed by atoms with Gasteiger partial charge in [-0.1, -0.05) is 30.9 Å². The molecule has 3 nitrogen and oxygen atoms in total. The molecule has 0 saturated heterocycles. The van der Waals surface area contributed by atoms with Gasteiger partial charge in [0.15, 0.2) is 0 Å². The van der Waals surface area contributed by atoms with Gasteiger partial charge in [0, 0.05) is 29.2 Å². The van der Waals surface area contributed by atoms with E-state index < -0.39 is 0 Å². The number of rotatable bonds is 3. The number of aliphatic imine (C=N–C) groups is 2. The predicted octanol–water partition coefficient (Wildman–Crippen LogP) is 4.70. The fourth-order valence-corrected chi connectivity index (χ4v) is 2.10. The summed E-state index contributed by atoms with van der Waals surface area (Å²) < 4.78 is 0. The quantitative estimate of drug-likeness (QED) is 0.770. The molecule has 0 unspecified atom stereocenters. The number of allylic oxidation sites excluding steroid dienone is 5. The van der Waals surface area contributed by atoms with Gasteiger partial charge in [-0.2, -0.15) is 0 Å². The molecule has 1 N–H and O–H groups in total. The summed E-state index contributed by atoms with van der Waals surface area (Å²) in [6.45, 7) is 9.43. The largest absolute Gasteiger partial charge is 0.346 e. The standard InChI is InChI=1S/C17H19N3/c1-4-15-16(12-20-17(15)18-3)14-8-6-5-7-11-19-13(2)9-10-14/h4,7-12,20H,1,3,5-6H2,2H3/b10-9-,11-7-,14-8+,19-13+. The minimum atomic E-state index is 0.756. The first-order chi connectivity index (χ1) is 9.76. The van der Waals surface area contributed by atoms with E-state index in [-0.39, 0.29) is 0 Å². The summed E-state index contributed by atoms with van der Waals surface area (Å²) in [4.78, 5) is 11.5. The van der Waals surface area contributed by atoms with Gasteiger partial charge in [0.2, 0.25) is 0 Å². The van der Waals surface area contributed by atoms with Crippen LogP contribution in [0.3, 0.4) is 0 Å². The summed E-state index contributed by atoms with van der Waals surface area (Å²) >= 11 is 0. The van der Waals surface area contributed by atoms with Crippen LogP contribution in [0.15, 0.2) is 53.3 Å². The van der Waals surface area contributed by atoms with Crippen molar-refractivity contribution >= 4 is 29.9 Å². The van der Waals surface area contributed by atoms with Crippen LogP contribution in [0, 0.1) is 0 Å². The molecule has 0 saturated carbocycles. The first-order valence-corrected chi connectivity index (χ1v) is 6.65. The highest BCUT2D eigenvalue weighted by Crippen LogP contribution is 2.29. The fourth-order valence-electron chi connectivity index (χ4n) is 2.10. The number of nitrogens with one attached hydrogen (secondary N) is 1. The van der Waals surface area contributed by atoms with Crippen molar-refractivity contribution in [1.29, 1.82) is 0 Å². The Kier molecular flexibility index (Phi) is 4.66. The van der Waals surface area contributed by atoms with Gasteiger partial charge in [0.25, 0.3) is 0 Å². The molecule has 0 bridgehead atoms. The summed E-state index contributed by atoms with van der Waals surface area (Å²) in [5, 5.41) is 0. The second-order valence-electron chi connectivity index (χ2n) is 4.55. The molecule has 1 aromatic rings. The highest BCUT2D eigenvalue weighted by molar-refractivity contribution is 5.96. The minimum absolute atomic E-state index is 0.756. The maximum Gasteiger partial charge on any atom is 0.137 e. The van der Waals surface area contributed by atoms with Crippen LogP contribution >= 0.6 is 0 Å². The van der Waals surface area contributed by atoms with E-state index in [1.807, 2.05) is 31.5 Å². The van der Waals surface area contributed by atoms with Gasteiger partial charge < -0.3 is 4.98 Å². The van der Waals surface area contributed by atoms with Crippen LogP contribution in [-0.4, -0.2) is 17.4 Å². The first kappa shape index (κ1) is 14.0. The Balaban J connectivity index is 2.44. The van der Waals surface area contributed by atoms with E-state index in [1.54, 1.807) is 0 Å². The molecule has 1 aromatic heterocycles. The Morgan fingerprint density at radius 3 is 2.95 bits per heavy atom. The van der Waals surface area contributed by atoms with E-state index in [4.69, 9.17) is 0 Å². The highest BCUT2D eigenvalue weighted by atomic mass is 14.9. The molecule has 0 spiro atoms. The van der Waals surface area contributed by atoms with E-state index in [2.05, 4.69) is 46.5 Å².